The molecule has 1 saturated heterocycles. The topological polar surface area (TPSA) is 28.4 Å². The van der Waals surface area contributed by atoms with Crippen LogP contribution >= 0.6 is 0 Å². The third-order valence-corrected chi connectivity index (χ3v) is 3.24. The highest BCUT2D eigenvalue weighted by Gasteiger charge is 2.21. The van der Waals surface area contributed by atoms with Crippen LogP contribution in [0.25, 0.3) is 0 Å². The Morgan fingerprint density at radius 3 is 3.00 bits per heavy atom. The van der Waals surface area contributed by atoms with E-state index in [4.69, 9.17) is 0 Å². The van der Waals surface area contributed by atoms with Gasteiger partial charge in [0.05, 0.1) is 6.61 Å². The Morgan fingerprint density at radius 2 is 2.33 bits per heavy atom. The summed E-state index contributed by atoms with van der Waals surface area (Å²) >= 11 is 0. The molecule has 15 heavy (non-hydrogen) atoms. The third-order valence-electron chi connectivity index (χ3n) is 3.24. The molecular formula is C12H20N2O. The molecule has 1 aromatic heterocycles. The minimum absolute atomic E-state index is 0.298. The average molecular weight is 208 g/mol. The first-order valence-corrected chi connectivity index (χ1v) is 5.75. The van der Waals surface area contributed by atoms with Gasteiger partial charge in [0.25, 0.3) is 0 Å². The molecule has 0 spiro atoms. The molecule has 1 N–H and O–H groups in total. The molecule has 0 bridgehead atoms. The number of hydrogen-bond donors (Lipinski definition) is 1. The van der Waals surface area contributed by atoms with Crippen LogP contribution in [0.2, 0.25) is 0 Å². The summed E-state index contributed by atoms with van der Waals surface area (Å²) in [7, 11) is 2.04. The van der Waals surface area contributed by atoms with Gasteiger partial charge in [-0.25, -0.2) is 0 Å². The van der Waals surface area contributed by atoms with Gasteiger partial charge in [0.15, 0.2) is 0 Å². The summed E-state index contributed by atoms with van der Waals surface area (Å²) in [6.45, 7) is 2.40. The number of hydrogen-bond acceptors (Lipinski definition) is 2. The number of aliphatic hydroxyl groups excluding tert-OH is 1. The zero-order valence-electron chi connectivity index (χ0n) is 9.39. The van der Waals surface area contributed by atoms with Gasteiger partial charge in [0.2, 0.25) is 0 Å². The summed E-state index contributed by atoms with van der Waals surface area (Å²) < 4.78 is 2.08. The van der Waals surface area contributed by atoms with Crippen LogP contribution in [-0.4, -0.2) is 33.8 Å². The fourth-order valence-electron chi connectivity index (χ4n) is 2.36. The molecule has 1 unspecified atom stereocenters. The minimum atomic E-state index is 0.298. The van der Waals surface area contributed by atoms with Crippen LogP contribution in [0.15, 0.2) is 18.5 Å². The molecular weight excluding hydrogens is 188 g/mol. The van der Waals surface area contributed by atoms with E-state index in [1.807, 2.05) is 7.05 Å². The van der Waals surface area contributed by atoms with Crippen molar-refractivity contribution in [2.24, 2.45) is 7.05 Å². The molecule has 1 aliphatic rings. The molecule has 0 aliphatic carbocycles. The number of nitrogens with zero attached hydrogens (tertiary/aromatic N) is 2. The smallest absolute Gasteiger partial charge is 0.0586 e. The van der Waals surface area contributed by atoms with Gasteiger partial charge in [0.1, 0.15) is 0 Å². The molecule has 0 amide bonds. The number of aromatic nitrogens is 1. The van der Waals surface area contributed by atoms with Gasteiger partial charge in [-0.15, -0.1) is 0 Å². The van der Waals surface area contributed by atoms with E-state index in [2.05, 4.69) is 27.9 Å². The van der Waals surface area contributed by atoms with Crippen LogP contribution in [-0.2, 0) is 13.6 Å². The number of rotatable bonds is 3. The van der Waals surface area contributed by atoms with Crippen LogP contribution < -0.4 is 0 Å². The first kappa shape index (κ1) is 10.7. The lowest BCUT2D eigenvalue weighted by Gasteiger charge is -2.34. The Labute approximate surface area is 91.3 Å². The standard InChI is InChI=1S/C12H20N2O/c1-13-7-5-11(8-13)9-14-6-3-2-4-12(14)10-15/h5,7-8,12,15H,2-4,6,9-10H2,1H3. The zero-order chi connectivity index (χ0) is 10.7. The second-order valence-corrected chi connectivity index (χ2v) is 4.49. The van der Waals surface area contributed by atoms with Gasteiger partial charge in [0, 0.05) is 32.0 Å². The molecule has 0 saturated carbocycles. The highest BCUT2D eigenvalue weighted by Crippen LogP contribution is 2.19. The Morgan fingerprint density at radius 1 is 1.47 bits per heavy atom. The monoisotopic (exact) mass is 208 g/mol. The highest BCUT2D eigenvalue weighted by atomic mass is 16.3. The van der Waals surface area contributed by atoms with E-state index in [0.29, 0.717) is 12.6 Å². The van der Waals surface area contributed by atoms with Crippen LogP contribution in [0, 0.1) is 0 Å². The summed E-state index contributed by atoms with van der Waals surface area (Å²) in [5.41, 5.74) is 1.35. The molecule has 0 radical (unpaired) electrons. The summed E-state index contributed by atoms with van der Waals surface area (Å²) in [5, 5.41) is 9.30. The first-order valence-electron chi connectivity index (χ1n) is 5.75. The van der Waals surface area contributed by atoms with Crippen molar-refractivity contribution in [1.82, 2.24) is 9.47 Å². The fraction of sp³-hybridized carbons (Fsp3) is 0.667. The van der Waals surface area contributed by atoms with Gasteiger partial charge in [-0.05, 0) is 31.0 Å². The van der Waals surface area contributed by atoms with Gasteiger partial charge < -0.3 is 9.67 Å². The normalized spacial score (nSPS) is 23.2. The Balaban J connectivity index is 1.97. The molecule has 2 rings (SSSR count). The lowest BCUT2D eigenvalue weighted by Crippen LogP contribution is -2.41. The van der Waals surface area contributed by atoms with Crippen LogP contribution in [0.1, 0.15) is 24.8 Å². The van der Waals surface area contributed by atoms with E-state index in [1.165, 1.54) is 18.4 Å². The van der Waals surface area contributed by atoms with E-state index in [1.54, 1.807) is 0 Å². The van der Waals surface area contributed by atoms with Crippen molar-refractivity contribution in [2.75, 3.05) is 13.2 Å². The lowest BCUT2D eigenvalue weighted by atomic mass is 10.0. The average Bonchev–Trinajstić information content (AvgIpc) is 2.65. The first-order chi connectivity index (χ1) is 7.29. The fourth-order valence-corrected chi connectivity index (χ4v) is 2.36. The van der Waals surface area contributed by atoms with Crippen molar-refractivity contribution in [3.8, 4) is 0 Å². The van der Waals surface area contributed by atoms with Crippen molar-refractivity contribution in [3.05, 3.63) is 24.0 Å². The van der Waals surface area contributed by atoms with E-state index in [9.17, 15) is 5.11 Å². The molecule has 0 aromatic carbocycles. The zero-order valence-corrected chi connectivity index (χ0v) is 9.39. The van der Waals surface area contributed by atoms with E-state index < -0.39 is 0 Å². The van der Waals surface area contributed by atoms with E-state index >= 15 is 0 Å². The van der Waals surface area contributed by atoms with Gasteiger partial charge in [-0.1, -0.05) is 6.42 Å². The maximum atomic E-state index is 9.30. The molecule has 1 aromatic rings. The minimum Gasteiger partial charge on any atom is -0.395 e. The summed E-state index contributed by atoms with van der Waals surface area (Å²) in [6, 6.07) is 2.53. The summed E-state index contributed by atoms with van der Waals surface area (Å²) in [6.07, 6.45) is 7.90. The van der Waals surface area contributed by atoms with Crippen molar-refractivity contribution in [1.29, 1.82) is 0 Å². The molecule has 1 fully saturated rings. The Kier molecular flexibility index (Phi) is 3.44. The van der Waals surface area contributed by atoms with Crippen molar-refractivity contribution in [3.63, 3.8) is 0 Å². The van der Waals surface area contributed by atoms with Crippen LogP contribution in [0.4, 0.5) is 0 Å². The largest absolute Gasteiger partial charge is 0.395 e. The molecule has 3 nitrogen and oxygen atoms in total. The molecule has 2 heterocycles. The molecule has 84 valence electrons. The van der Waals surface area contributed by atoms with Gasteiger partial charge in [-0.2, -0.15) is 0 Å². The summed E-state index contributed by atoms with van der Waals surface area (Å²) in [4.78, 5) is 2.40. The molecule has 3 heteroatoms. The second-order valence-electron chi connectivity index (χ2n) is 4.49. The van der Waals surface area contributed by atoms with E-state index in [0.717, 1.165) is 19.5 Å². The maximum absolute atomic E-state index is 9.30. The third kappa shape index (κ3) is 2.61. The van der Waals surface area contributed by atoms with Crippen molar-refractivity contribution >= 4 is 0 Å². The Hall–Kier alpha value is -0.800. The van der Waals surface area contributed by atoms with Crippen LogP contribution in [0.5, 0.6) is 0 Å². The van der Waals surface area contributed by atoms with Gasteiger partial charge >= 0.3 is 0 Å². The number of piperidine rings is 1. The highest BCUT2D eigenvalue weighted by molar-refractivity contribution is 5.10. The SMILES string of the molecule is Cn1ccc(CN2CCCCC2CO)c1. The maximum Gasteiger partial charge on any atom is 0.0586 e. The van der Waals surface area contributed by atoms with Gasteiger partial charge in [-0.3, -0.25) is 4.90 Å². The van der Waals surface area contributed by atoms with Crippen LogP contribution in [0.3, 0.4) is 0 Å². The summed E-state index contributed by atoms with van der Waals surface area (Å²) in [5.74, 6) is 0. The predicted octanol–water partition coefficient (Wildman–Crippen LogP) is 1.37. The number of likely N-dealkylation sites (tertiary alicyclic amines) is 1. The van der Waals surface area contributed by atoms with Crippen molar-refractivity contribution < 1.29 is 5.11 Å². The number of aliphatic hydroxyl groups is 1. The second kappa shape index (κ2) is 4.81. The predicted molar refractivity (Wildman–Crippen MR) is 60.5 cm³/mol. The lowest BCUT2D eigenvalue weighted by molar-refractivity contribution is 0.0841. The number of aryl methyl sites for hydroxylation is 1. The quantitative estimate of drug-likeness (QED) is 0.812. The molecule has 1 atom stereocenters. The Bertz CT molecular complexity index is 308. The molecule has 1 aliphatic heterocycles. The van der Waals surface area contributed by atoms with Crippen molar-refractivity contribution in [2.45, 2.75) is 31.8 Å². The van der Waals surface area contributed by atoms with E-state index in [-0.39, 0.29) is 0 Å².